The van der Waals surface area contributed by atoms with E-state index in [0.29, 0.717) is 0 Å². The fraction of sp³-hybridized carbons (Fsp3) is 0.125. The van der Waals surface area contributed by atoms with Gasteiger partial charge in [0.15, 0.2) is 5.78 Å². The highest BCUT2D eigenvalue weighted by atomic mass is 33.1. The van der Waals surface area contributed by atoms with E-state index >= 15 is 0 Å². The first-order valence-electron chi connectivity index (χ1n) is 4.19. The van der Waals surface area contributed by atoms with Crippen molar-refractivity contribution in [1.82, 2.24) is 0 Å². The van der Waals surface area contributed by atoms with Crippen molar-refractivity contribution in [3.63, 3.8) is 0 Å². The lowest BCUT2D eigenvalue weighted by Crippen LogP contribution is -2.05. The molecule has 1 aromatic rings. The Morgan fingerprint density at radius 1 is 1.35 bits per heavy atom. The van der Waals surface area contributed by atoms with Crippen molar-refractivity contribution >= 4 is 31.4 Å². The molecule has 1 N–H and O–H groups in total. The lowest BCUT2D eigenvalue weighted by Gasteiger charge is -1.98. The van der Waals surface area contributed by atoms with E-state index in [1.54, 1.807) is 0 Å². The quantitative estimate of drug-likeness (QED) is 0.283. The molecular weight excluding hydrogens is 270 g/mol. The third-order valence-electron chi connectivity index (χ3n) is 1.74. The maximum atomic E-state index is 11.4. The molecule has 0 heterocycles. The van der Waals surface area contributed by atoms with E-state index in [-0.39, 0.29) is 22.0 Å². The summed E-state index contributed by atoms with van der Waals surface area (Å²) in [6.07, 6.45) is 0. The number of Topliss-reactive ketones (excluding diaryl/α,β-unsaturated/α-hetero) is 1. The molecule has 0 aliphatic rings. The van der Waals surface area contributed by atoms with E-state index in [0.717, 1.165) is 12.1 Å². The van der Waals surface area contributed by atoms with E-state index in [2.05, 4.69) is 0 Å². The molecule has 1 rings (SSSR count). The molecule has 0 fully saturated rings. The number of hydrogen-bond donors (Lipinski definition) is 1. The van der Waals surface area contributed by atoms with Crippen LogP contribution in [-0.4, -0.2) is 29.4 Å². The van der Waals surface area contributed by atoms with Gasteiger partial charge in [-0.1, -0.05) is 0 Å². The van der Waals surface area contributed by atoms with Crippen molar-refractivity contribution in [2.45, 2.75) is 0 Å². The molecule has 0 spiro atoms. The van der Waals surface area contributed by atoms with Crippen LogP contribution in [0.1, 0.15) is 10.4 Å². The van der Waals surface area contributed by atoms with Gasteiger partial charge in [-0.25, -0.2) is 0 Å². The van der Waals surface area contributed by atoms with Gasteiger partial charge >= 0.3 is 9.15 Å². The van der Waals surface area contributed by atoms with Crippen LogP contribution >= 0.6 is 10.8 Å². The zero-order valence-corrected chi connectivity index (χ0v) is 9.90. The molecule has 0 radical (unpaired) electrons. The molecule has 0 aliphatic carbocycles. The number of hydrogen-bond acceptors (Lipinski definition) is 6. The van der Waals surface area contributed by atoms with Crippen LogP contribution < -0.4 is 0 Å². The van der Waals surface area contributed by atoms with Crippen molar-refractivity contribution in [2.24, 2.45) is 0 Å². The van der Waals surface area contributed by atoms with Crippen LogP contribution in [-0.2, 0) is 9.15 Å². The van der Waals surface area contributed by atoms with Gasteiger partial charge in [-0.3, -0.25) is 19.5 Å². The van der Waals surface area contributed by atoms with Crippen molar-refractivity contribution in [2.75, 3.05) is 5.75 Å². The highest BCUT2D eigenvalue weighted by molar-refractivity contribution is 8.70. The second-order valence-corrected chi connectivity index (χ2v) is 6.27. The number of non-ortho nitro benzene ring substituents is 1. The Morgan fingerprint density at radius 3 is 2.29 bits per heavy atom. The monoisotopic (exact) mass is 277 g/mol. The first kappa shape index (κ1) is 13.6. The maximum absolute atomic E-state index is 11.4. The van der Waals surface area contributed by atoms with Gasteiger partial charge in [0.2, 0.25) is 0 Å². The second-order valence-electron chi connectivity index (χ2n) is 2.92. The normalized spacial score (nSPS) is 11.1. The number of nitro benzene ring substituents is 1. The Balaban J connectivity index is 2.74. The fourth-order valence-electron chi connectivity index (χ4n) is 0.980. The minimum absolute atomic E-state index is 0.0914. The van der Waals surface area contributed by atoms with Gasteiger partial charge in [0.1, 0.15) is 0 Å². The van der Waals surface area contributed by atoms with Crippen LogP contribution in [0, 0.1) is 10.1 Å². The molecule has 9 heteroatoms. The Hall–Kier alpha value is -1.45. The summed E-state index contributed by atoms with van der Waals surface area (Å²) in [4.78, 5) is 21.1. The first-order chi connectivity index (χ1) is 7.79. The molecule has 0 bridgehead atoms. The third-order valence-corrected chi connectivity index (χ3v) is 3.66. The summed E-state index contributed by atoms with van der Waals surface area (Å²) < 4.78 is 29.2. The maximum Gasteiger partial charge on any atom is 0.320 e. The number of carbonyl (C=O) groups excluding carboxylic acids is 1. The molecule has 17 heavy (non-hydrogen) atoms. The van der Waals surface area contributed by atoms with Gasteiger partial charge in [0.25, 0.3) is 5.69 Å². The number of nitro groups is 1. The van der Waals surface area contributed by atoms with E-state index in [1.165, 1.54) is 12.1 Å². The van der Waals surface area contributed by atoms with Gasteiger partial charge in [-0.2, -0.15) is 8.42 Å². The summed E-state index contributed by atoms with van der Waals surface area (Å²) in [6, 6.07) is 4.74. The molecular formula is C8H7NO6S2. The third kappa shape index (κ3) is 4.51. The van der Waals surface area contributed by atoms with Gasteiger partial charge in [0.05, 0.1) is 10.7 Å². The van der Waals surface area contributed by atoms with Crippen molar-refractivity contribution in [3.8, 4) is 0 Å². The van der Waals surface area contributed by atoms with Gasteiger partial charge in [0, 0.05) is 28.5 Å². The molecule has 0 saturated heterocycles. The molecule has 0 unspecified atom stereocenters. The molecule has 0 amide bonds. The molecule has 0 saturated carbocycles. The number of ketones is 1. The highest BCUT2D eigenvalue weighted by Gasteiger charge is 2.13. The van der Waals surface area contributed by atoms with Gasteiger partial charge in [-0.05, 0) is 12.1 Å². The second kappa shape index (κ2) is 5.25. The Kier molecular flexibility index (Phi) is 4.21. The van der Waals surface area contributed by atoms with E-state index in [9.17, 15) is 23.3 Å². The van der Waals surface area contributed by atoms with Crippen LogP contribution in [0.4, 0.5) is 5.69 Å². The van der Waals surface area contributed by atoms with Crippen molar-refractivity contribution in [1.29, 1.82) is 0 Å². The summed E-state index contributed by atoms with van der Waals surface area (Å²) in [6.45, 7) is 0. The number of carbonyl (C=O) groups is 1. The molecule has 0 atom stereocenters. The minimum atomic E-state index is -4.26. The SMILES string of the molecule is O=C(CSS(=O)(=O)O)c1ccc([N+](=O)[O-])cc1. The molecule has 92 valence electrons. The first-order valence-corrected chi connectivity index (χ1v) is 7.13. The molecule has 1 aromatic carbocycles. The Bertz CT molecular complexity index is 536. The van der Waals surface area contributed by atoms with E-state index in [1.807, 2.05) is 0 Å². The van der Waals surface area contributed by atoms with E-state index < -0.39 is 25.6 Å². The molecule has 0 aliphatic heterocycles. The van der Waals surface area contributed by atoms with Crippen molar-refractivity contribution in [3.05, 3.63) is 39.9 Å². The van der Waals surface area contributed by atoms with Gasteiger partial charge < -0.3 is 0 Å². The fourth-order valence-corrected chi connectivity index (χ4v) is 2.17. The summed E-state index contributed by atoms with van der Waals surface area (Å²) in [7, 11) is -4.17. The smallest absolute Gasteiger partial charge is 0.293 e. The Morgan fingerprint density at radius 2 is 1.88 bits per heavy atom. The topological polar surface area (TPSA) is 115 Å². The zero-order chi connectivity index (χ0) is 13.1. The summed E-state index contributed by atoms with van der Waals surface area (Å²) in [5.41, 5.74) is -0.0178. The Labute approximate surface area is 100 Å². The lowest BCUT2D eigenvalue weighted by atomic mass is 10.1. The predicted octanol–water partition coefficient (Wildman–Crippen LogP) is 1.31. The van der Waals surface area contributed by atoms with Crippen molar-refractivity contribution < 1.29 is 22.7 Å². The summed E-state index contributed by atoms with van der Waals surface area (Å²) in [5, 5.41) is 10.3. The average molecular weight is 277 g/mol. The van der Waals surface area contributed by atoms with Crippen LogP contribution in [0.5, 0.6) is 0 Å². The standard InChI is InChI=1S/C8H7NO6S2/c10-8(5-16-17(13,14)15)6-1-3-7(4-2-6)9(11)12/h1-4H,5H2,(H,13,14,15). The highest BCUT2D eigenvalue weighted by Crippen LogP contribution is 2.15. The number of nitrogens with zero attached hydrogens (tertiary/aromatic N) is 1. The van der Waals surface area contributed by atoms with Crippen LogP contribution in [0.25, 0.3) is 0 Å². The molecule has 0 aromatic heterocycles. The number of rotatable bonds is 5. The summed E-state index contributed by atoms with van der Waals surface area (Å²) >= 11 is 0. The zero-order valence-electron chi connectivity index (χ0n) is 8.27. The lowest BCUT2D eigenvalue weighted by molar-refractivity contribution is -0.384. The van der Waals surface area contributed by atoms with Gasteiger partial charge in [-0.15, -0.1) is 0 Å². The molecule has 7 nitrogen and oxygen atoms in total. The number of benzene rings is 1. The van der Waals surface area contributed by atoms with Crippen LogP contribution in [0.2, 0.25) is 0 Å². The predicted molar refractivity (Wildman–Crippen MR) is 61.4 cm³/mol. The van der Waals surface area contributed by atoms with Crippen LogP contribution in [0.3, 0.4) is 0 Å². The minimum Gasteiger partial charge on any atom is -0.293 e. The average Bonchev–Trinajstić information content (AvgIpc) is 2.25. The largest absolute Gasteiger partial charge is 0.320 e. The summed E-state index contributed by atoms with van der Waals surface area (Å²) in [5.74, 6) is -0.987. The van der Waals surface area contributed by atoms with E-state index in [4.69, 9.17) is 4.55 Å². The van der Waals surface area contributed by atoms with Crippen LogP contribution in [0.15, 0.2) is 24.3 Å².